The Kier molecular flexibility index (Phi) is 3.84. The quantitative estimate of drug-likeness (QED) is 0.841. The van der Waals surface area contributed by atoms with Crippen LogP contribution in [-0.2, 0) is 11.3 Å². The molecule has 5 heteroatoms. The molecule has 0 spiro atoms. The number of halogens is 1. The summed E-state index contributed by atoms with van der Waals surface area (Å²) in [7, 11) is 0. The highest BCUT2D eigenvalue weighted by atomic mass is 79.9. The number of amides is 1. The van der Waals surface area contributed by atoms with Gasteiger partial charge in [-0.1, -0.05) is 22.0 Å². The molecule has 0 bridgehead atoms. The van der Waals surface area contributed by atoms with Crippen molar-refractivity contribution in [3.63, 3.8) is 0 Å². The Morgan fingerprint density at radius 3 is 2.84 bits per heavy atom. The first-order valence-electron chi connectivity index (χ1n) is 6.34. The summed E-state index contributed by atoms with van der Waals surface area (Å²) in [5.41, 5.74) is 1.11. The monoisotopic (exact) mass is 338 g/mol. The molecule has 0 atom stereocenters. The van der Waals surface area contributed by atoms with Gasteiger partial charge in [0.2, 0.25) is 5.91 Å². The number of thioether (sulfide) groups is 1. The van der Waals surface area contributed by atoms with Gasteiger partial charge in [-0.3, -0.25) is 4.79 Å². The van der Waals surface area contributed by atoms with E-state index >= 15 is 0 Å². The first-order chi connectivity index (χ1) is 9.25. The fourth-order valence-corrected chi connectivity index (χ4v) is 3.77. The zero-order valence-electron chi connectivity index (χ0n) is 10.5. The second kappa shape index (κ2) is 5.59. The summed E-state index contributed by atoms with van der Waals surface area (Å²) in [6, 6.07) is 8.14. The van der Waals surface area contributed by atoms with Gasteiger partial charge < -0.3 is 9.47 Å². The molecule has 19 heavy (non-hydrogen) atoms. The van der Waals surface area contributed by atoms with Crippen LogP contribution in [0.25, 0.3) is 10.9 Å². The minimum Gasteiger partial charge on any atom is -0.339 e. The van der Waals surface area contributed by atoms with Gasteiger partial charge in [-0.15, -0.1) is 0 Å². The van der Waals surface area contributed by atoms with Crippen molar-refractivity contribution in [3.05, 3.63) is 34.9 Å². The van der Waals surface area contributed by atoms with Gasteiger partial charge in [0.1, 0.15) is 6.54 Å². The van der Waals surface area contributed by atoms with E-state index < -0.39 is 0 Å². The molecule has 1 aromatic carbocycles. The van der Waals surface area contributed by atoms with E-state index in [0.717, 1.165) is 40.0 Å². The summed E-state index contributed by atoms with van der Waals surface area (Å²) in [6.45, 7) is 2.20. The number of carbonyl (C=O) groups is 1. The largest absolute Gasteiger partial charge is 0.339 e. The Labute approximate surface area is 125 Å². The Bertz CT molecular complexity index is 605. The molecule has 0 radical (unpaired) electrons. The molecule has 1 amide bonds. The SMILES string of the molecule is O=C(Cn1ccc2c(Br)cccc21)N1CCSCC1. The Hall–Kier alpha value is -0.940. The lowest BCUT2D eigenvalue weighted by Gasteiger charge is -2.26. The summed E-state index contributed by atoms with van der Waals surface area (Å²) in [6.07, 6.45) is 1.99. The van der Waals surface area contributed by atoms with Crippen molar-refractivity contribution >= 4 is 44.5 Å². The van der Waals surface area contributed by atoms with Crippen molar-refractivity contribution in [3.8, 4) is 0 Å². The Morgan fingerprint density at radius 2 is 2.05 bits per heavy atom. The number of aromatic nitrogens is 1. The highest BCUT2D eigenvalue weighted by Crippen LogP contribution is 2.24. The molecule has 0 N–H and O–H groups in total. The molecule has 3 nitrogen and oxygen atoms in total. The highest BCUT2D eigenvalue weighted by molar-refractivity contribution is 9.10. The first-order valence-corrected chi connectivity index (χ1v) is 8.29. The predicted octanol–water partition coefficient (Wildman–Crippen LogP) is 2.98. The molecule has 100 valence electrons. The predicted molar refractivity (Wildman–Crippen MR) is 83.5 cm³/mol. The summed E-state index contributed by atoms with van der Waals surface area (Å²) >= 11 is 5.46. The van der Waals surface area contributed by atoms with Crippen LogP contribution in [0.2, 0.25) is 0 Å². The third kappa shape index (κ3) is 2.67. The number of hydrogen-bond donors (Lipinski definition) is 0. The average Bonchev–Trinajstić information content (AvgIpc) is 2.84. The number of fused-ring (bicyclic) bond motifs is 1. The van der Waals surface area contributed by atoms with Crippen molar-refractivity contribution < 1.29 is 4.79 Å². The maximum atomic E-state index is 12.3. The van der Waals surface area contributed by atoms with E-state index in [2.05, 4.69) is 28.1 Å². The highest BCUT2D eigenvalue weighted by Gasteiger charge is 2.17. The summed E-state index contributed by atoms with van der Waals surface area (Å²) in [4.78, 5) is 14.3. The van der Waals surface area contributed by atoms with Gasteiger partial charge in [-0.2, -0.15) is 11.8 Å². The normalized spacial score (nSPS) is 15.9. The minimum absolute atomic E-state index is 0.220. The van der Waals surface area contributed by atoms with Crippen LogP contribution < -0.4 is 0 Å². The fourth-order valence-electron chi connectivity index (χ4n) is 2.38. The van der Waals surface area contributed by atoms with Crippen LogP contribution in [-0.4, -0.2) is 40.0 Å². The molecule has 1 aromatic heterocycles. The van der Waals surface area contributed by atoms with Crippen molar-refractivity contribution in [2.45, 2.75) is 6.54 Å². The molecule has 1 aliphatic rings. The van der Waals surface area contributed by atoms with Gasteiger partial charge in [0, 0.05) is 46.2 Å². The van der Waals surface area contributed by atoms with E-state index in [9.17, 15) is 4.79 Å². The zero-order valence-corrected chi connectivity index (χ0v) is 12.9. The average molecular weight is 339 g/mol. The first kappa shape index (κ1) is 13.1. The van der Waals surface area contributed by atoms with E-state index in [1.54, 1.807) is 0 Å². The molecule has 2 heterocycles. The molecule has 1 fully saturated rings. The van der Waals surface area contributed by atoms with Gasteiger partial charge >= 0.3 is 0 Å². The van der Waals surface area contributed by atoms with E-state index in [1.807, 2.05) is 39.6 Å². The van der Waals surface area contributed by atoms with E-state index in [1.165, 1.54) is 0 Å². The topological polar surface area (TPSA) is 25.2 Å². The van der Waals surface area contributed by atoms with Crippen LogP contribution in [0.5, 0.6) is 0 Å². The fraction of sp³-hybridized carbons (Fsp3) is 0.357. The standard InChI is InChI=1S/C14H15BrN2OS/c15-12-2-1-3-13-11(12)4-5-17(13)10-14(18)16-6-8-19-9-7-16/h1-5H,6-10H2. The Balaban J connectivity index is 1.81. The van der Waals surface area contributed by atoms with Crippen LogP contribution >= 0.6 is 27.7 Å². The molecule has 2 aromatic rings. The van der Waals surface area contributed by atoms with E-state index in [4.69, 9.17) is 0 Å². The lowest BCUT2D eigenvalue weighted by atomic mass is 10.2. The number of benzene rings is 1. The van der Waals surface area contributed by atoms with Crippen molar-refractivity contribution in [1.82, 2.24) is 9.47 Å². The van der Waals surface area contributed by atoms with E-state index in [0.29, 0.717) is 6.54 Å². The van der Waals surface area contributed by atoms with Crippen LogP contribution in [0.4, 0.5) is 0 Å². The Morgan fingerprint density at radius 1 is 1.26 bits per heavy atom. The second-order valence-electron chi connectivity index (χ2n) is 4.61. The van der Waals surface area contributed by atoms with Crippen LogP contribution in [0, 0.1) is 0 Å². The van der Waals surface area contributed by atoms with Gasteiger partial charge in [-0.25, -0.2) is 0 Å². The molecule has 1 aliphatic heterocycles. The third-order valence-electron chi connectivity index (χ3n) is 3.43. The summed E-state index contributed by atoms with van der Waals surface area (Å²) in [5, 5.41) is 1.16. The van der Waals surface area contributed by atoms with Gasteiger partial charge in [0.05, 0.1) is 0 Å². The van der Waals surface area contributed by atoms with Crippen molar-refractivity contribution in [2.75, 3.05) is 24.6 Å². The maximum Gasteiger partial charge on any atom is 0.242 e. The van der Waals surface area contributed by atoms with Gasteiger partial charge in [-0.05, 0) is 18.2 Å². The molecule has 0 aliphatic carbocycles. The van der Waals surface area contributed by atoms with Gasteiger partial charge in [0.15, 0.2) is 0 Å². The minimum atomic E-state index is 0.220. The molecule has 0 unspecified atom stereocenters. The van der Waals surface area contributed by atoms with Crippen LogP contribution in [0.15, 0.2) is 34.9 Å². The summed E-state index contributed by atoms with van der Waals surface area (Å²) < 4.78 is 3.11. The molecular formula is C14H15BrN2OS. The van der Waals surface area contributed by atoms with E-state index in [-0.39, 0.29) is 5.91 Å². The zero-order chi connectivity index (χ0) is 13.2. The smallest absolute Gasteiger partial charge is 0.242 e. The van der Waals surface area contributed by atoms with Crippen molar-refractivity contribution in [1.29, 1.82) is 0 Å². The number of carbonyl (C=O) groups excluding carboxylic acids is 1. The molecule has 0 saturated carbocycles. The number of hydrogen-bond acceptors (Lipinski definition) is 2. The number of nitrogens with zero attached hydrogens (tertiary/aromatic N) is 2. The molecular weight excluding hydrogens is 324 g/mol. The lowest BCUT2D eigenvalue weighted by Crippen LogP contribution is -2.39. The van der Waals surface area contributed by atoms with Crippen LogP contribution in [0.1, 0.15) is 0 Å². The van der Waals surface area contributed by atoms with Gasteiger partial charge in [0.25, 0.3) is 0 Å². The lowest BCUT2D eigenvalue weighted by molar-refractivity contribution is -0.131. The summed E-state index contributed by atoms with van der Waals surface area (Å²) in [5.74, 6) is 2.34. The van der Waals surface area contributed by atoms with Crippen LogP contribution in [0.3, 0.4) is 0 Å². The number of rotatable bonds is 2. The third-order valence-corrected chi connectivity index (χ3v) is 5.06. The molecule has 3 rings (SSSR count). The van der Waals surface area contributed by atoms with Crippen molar-refractivity contribution in [2.24, 2.45) is 0 Å². The second-order valence-corrected chi connectivity index (χ2v) is 6.69. The maximum absolute atomic E-state index is 12.3. The molecule has 1 saturated heterocycles.